The highest BCUT2D eigenvalue weighted by molar-refractivity contribution is 5.74. The van der Waals surface area contributed by atoms with E-state index in [9.17, 15) is 4.79 Å². The number of hydrogen-bond donors (Lipinski definition) is 0. The van der Waals surface area contributed by atoms with Crippen LogP contribution in [0.15, 0.2) is 0 Å². The van der Waals surface area contributed by atoms with Crippen LogP contribution in [0.3, 0.4) is 0 Å². The van der Waals surface area contributed by atoms with Gasteiger partial charge >= 0.3 is 6.03 Å². The van der Waals surface area contributed by atoms with Gasteiger partial charge in [0.25, 0.3) is 0 Å². The van der Waals surface area contributed by atoms with Gasteiger partial charge in [-0.05, 0) is 47.6 Å². The molecule has 0 N–H and O–H groups in total. The molecule has 1 fully saturated rings. The molecule has 0 aliphatic carbocycles. The second-order valence-electron chi connectivity index (χ2n) is 5.96. The molecule has 0 atom stereocenters. The number of piperidine rings is 1. The summed E-state index contributed by atoms with van der Waals surface area (Å²) >= 11 is 0. The van der Waals surface area contributed by atoms with Crippen LogP contribution in [-0.4, -0.2) is 66.0 Å². The van der Waals surface area contributed by atoms with E-state index in [0.29, 0.717) is 12.1 Å². The van der Waals surface area contributed by atoms with Crippen LogP contribution >= 0.6 is 0 Å². The molecule has 0 spiro atoms. The molecule has 106 valence electrons. The van der Waals surface area contributed by atoms with E-state index in [0.717, 1.165) is 25.9 Å². The van der Waals surface area contributed by atoms with Gasteiger partial charge in [-0.3, -0.25) is 0 Å². The summed E-state index contributed by atoms with van der Waals surface area (Å²) in [4.78, 5) is 18.4. The van der Waals surface area contributed by atoms with E-state index in [-0.39, 0.29) is 12.1 Å². The van der Waals surface area contributed by atoms with Crippen molar-refractivity contribution in [2.24, 2.45) is 0 Å². The summed E-state index contributed by atoms with van der Waals surface area (Å²) in [5.74, 6) is 0. The molecule has 0 aromatic heterocycles. The average Bonchev–Trinajstić information content (AvgIpc) is 2.36. The highest BCUT2D eigenvalue weighted by Gasteiger charge is 2.28. The summed E-state index contributed by atoms with van der Waals surface area (Å²) in [6, 6.07) is 1.65. The van der Waals surface area contributed by atoms with E-state index in [4.69, 9.17) is 0 Å². The Balaban J connectivity index is 2.46. The molecule has 4 nitrogen and oxygen atoms in total. The lowest BCUT2D eigenvalue weighted by Crippen LogP contribution is -2.51. The molecular formula is C14H29N3O. The summed E-state index contributed by atoms with van der Waals surface area (Å²) in [6.45, 7) is 10.3. The Labute approximate surface area is 112 Å². The van der Waals surface area contributed by atoms with Crippen molar-refractivity contribution in [2.45, 2.75) is 58.7 Å². The van der Waals surface area contributed by atoms with Crippen LogP contribution in [0.5, 0.6) is 0 Å². The van der Waals surface area contributed by atoms with Crippen LogP contribution in [0.1, 0.15) is 40.5 Å². The fourth-order valence-corrected chi connectivity index (χ4v) is 2.33. The topological polar surface area (TPSA) is 26.8 Å². The molecular weight excluding hydrogens is 226 g/mol. The predicted octanol–water partition coefficient (Wildman–Crippen LogP) is 2.25. The van der Waals surface area contributed by atoms with Gasteiger partial charge in [0.05, 0.1) is 0 Å². The molecule has 0 unspecified atom stereocenters. The zero-order valence-corrected chi connectivity index (χ0v) is 12.8. The van der Waals surface area contributed by atoms with Gasteiger partial charge in [-0.15, -0.1) is 0 Å². The Morgan fingerprint density at radius 3 is 1.94 bits per heavy atom. The second-order valence-corrected chi connectivity index (χ2v) is 5.96. The number of nitrogens with zero attached hydrogens (tertiary/aromatic N) is 3. The van der Waals surface area contributed by atoms with E-state index < -0.39 is 0 Å². The fraction of sp³-hybridized carbons (Fsp3) is 0.929. The molecule has 2 amide bonds. The molecule has 4 heteroatoms. The van der Waals surface area contributed by atoms with Gasteiger partial charge in [-0.1, -0.05) is 0 Å². The van der Waals surface area contributed by atoms with Gasteiger partial charge in [0.1, 0.15) is 0 Å². The third kappa shape index (κ3) is 3.61. The smallest absolute Gasteiger partial charge is 0.319 e. The van der Waals surface area contributed by atoms with Crippen LogP contribution in [0.4, 0.5) is 4.79 Å². The molecule has 1 aliphatic rings. The Morgan fingerprint density at radius 1 is 1.06 bits per heavy atom. The van der Waals surface area contributed by atoms with Gasteiger partial charge in [0, 0.05) is 38.3 Å². The van der Waals surface area contributed by atoms with Crippen LogP contribution in [0.25, 0.3) is 0 Å². The summed E-state index contributed by atoms with van der Waals surface area (Å²) in [7, 11) is 4.08. The molecule has 0 aromatic rings. The quantitative estimate of drug-likeness (QED) is 0.773. The zero-order chi connectivity index (χ0) is 13.9. The number of hydrogen-bond acceptors (Lipinski definition) is 2. The van der Waals surface area contributed by atoms with Crippen LogP contribution in [0.2, 0.25) is 0 Å². The van der Waals surface area contributed by atoms with Crippen molar-refractivity contribution in [3.8, 4) is 0 Å². The molecule has 0 bridgehead atoms. The standard InChI is InChI=1S/C14H29N3O/c1-11(2)15(5)13-7-9-17(10-8-13)14(18)16(6)12(3)4/h11-13H,7-10H2,1-6H3. The number of rotatable bonds is 3. The number of carbonyl (C=O) groups is 1. The Kier molecular flexibility index (Phi) is 5.45. The SMILES string of the molecule is CC(C)N(C)C(=O)N1CCC(N(C)C(C)C)CC1. The molecule has 1 rings (SSSR count). The summed E-state index contributed by atoms with van der Waals surface area (Å²) in [5.41, 5.74) is 0. The lowest BCUT2D eigenvalue weighted by molar-refractivity contribution is 0.0995. The minimum Gasteiger partial charge on any atom is -0.325 e. The molecule has 1 aliphatic heterocycles. The Hall–Kier alpha value is -0.770. The second kappa shape index (κ2) is 6.41. The van der Waals surface area contributed by atoms with E-state index in [1.807, 2.05) is 16.8 Å². The van der Waals surface area contributed by atoms with Crippen molar-refractivity contribution in [3.63, 3.8) is 0 Å². The third-order valence-electron chi connectivity index (χ3n) is 4.20. The molecule has 0 radical (unpaired) electrons. The first-order valence-corrected chi connectivity index (χ1v) is 7.08. The monoisotopic (exact) mass is 255 g/mol. The predicted molar refractivity (Wildman–Crippen MR) is 75.8 cm³/mol. The summed E-state index contributed by atoms with van der Waals surface area (Å²) < 4.78 is 0. The normalized spacial score (nSPS) is 17.9. The molecule has 0 saturated carbocycles. The maximum Gasteiger partial charge on any atom is 0.319 e. The average molecular weight is 255 g/mol. The van der Waals surface area contributed by atoms with Gasteiger partial charge in [0.2, 0.25) is 0 Å². The minimum atomic E-state index is 0.177. The maximum absolute atomic E-state index is 12.2. The van der Waals surface area contributed by atoms with Gasteiger partial charge < -0.3 is 14.7 Å². The largest absolute Gasteiger partial charge is 0.325 e. The maximum atomic E-state index is 12.2. The van der Waals surface area contributed by atoms with Crippen LogP contribution < -0.4 is 0 Å². The lowest BCUT2D eigenvalue weighted by atomic mass is 10.0. The molecule has 0 aromatic carbocycles. The van der Waals surface area contributed by atoms with E-state index in [1.54, 1.807) is 0 Å². The van der Waals surface area contributed by atoms with Crippen molar-refractivity contribution in [2.75, 3.05) is 27.2 Å². The van der Waals surface area contributed by atoms with Crippen molar-refractivity contribution >= 4 is 6.03 Å². The summed E-state index contributed by atoms with van der Waals surface area (Å²) in [6.07, 6.45) is 2.18. The zero-order valence-electron chi connectivity index (χ0n) is 12.8. The molecule has 1 saturated heterocycles. The van der Waals surface area contributed by atoms with Crippen molar-refractivity contribution in [3.05, 3.63) is 0 Å². The lowest BCUT2D eigenvalue weighted by Gasteiger charge is -2.40. The van der Waals surface area contributed by atoms with Gasteiger partial charge in [0.15, 0.2) is 0 Å². The van der Waals surface area contributed by atoms with Crippen molar-refractivity contribution in [1.29, 1.82) is 0 Å². The number of carbonyl (C=O) groups excluding carboxylic acids is 1. The number of urea groups is 1. The van der Waals surface area contributed by atoms with E-state index in [1.165, 1.54) is 0 Å². The highest BCUT2D eigenvalue weighted by Crippen LogP contribution is 2.18. The fourth-order valence-electron chi connectivity index (χ4n) is 2.33. The number of amides is 2. The van der Waals surface area contributed by atoms with E-state index >= 15 is 0 Å². The summed E-state index contributed by atoms with van der Waals surface area (Å²) in [5, 5.41) is 0. The van der Waals surface area contributed by atoms with Gasteiger partial charge in [-0.2, -0.15) is 0 Å². The number of likely N-dealkylation sites (tertiary alicyclic amines) is 1. The minimum absolute atomic E-state index is 0.177. The van der Waals surface area contributed by atoms with Gasteiger partial charge in [-0.25, -0.2) is 4.79 Å². The van der Waals surface area contributed by atoms with Crippen molar-refractivity contribution in [1.82, 2.24) is 14.7 Å². The Morgan fingerprint density at radius 2 is 1.56 bits per heavy atom. The Bertz CT molecular complexity index is 270. The highest BCUT2D eigenvalue weighted by atomic mass is 16.2. The molecule has 18 heavy (non-hydrogen) atoms. The van der Waals surface area contributed by atoms with E-state index in [2.05, 4.69) is 39.6 Å². The van der Waals surface area contributed by atoms with Crippen LogP contribution in [-0.2, 0) is 0 Å². The van der Waals surface area contributed by atoms with Crippen molar-refractivity contribution < 1.29 is 4.79 Å². The first-order valence-electron chi connectivity index (χ1n) is 7.08. The first-order chi connectivity index (χ1) is 8.34. The molecule has 1 heterocycles. The van der Waals surface area contributed by atoms with Crippen LogP contribution in [0, 0.1) is 0 Å². The third-order valence-corrected chi connectivity index (χ3v) is 4.20. The first kappa shape index (κ1) is 15.3.